The molecule has 0 bridgehead atoms. The quantitative estimate of drug-likeness (QED) is 0.445. The number of ketones is 1. The Kier molecular flexibility index (Phi) is 7.16. The number of hydrogen-bond acceptors (Lipinski definition) is 8. The minimum absolute atomic E-state index is 0.0991. The molecule has 7 atom stereocenters. The molecule has 1 N–H and O–H groups in total. The number of allylic oxidation sites excluding steroid dienone is 1. The summed E-state index contributed by atoms with van der Waals surface area (Å²) in [5.74, 6) is 1.24. The van der Waals surface area contributed by atoms with Crippen LogP contribution in [0.25, 0.3) is 0 Å². The summed E-state index contributed by atoms with van der Waals surface area (Å²) < 4.78 is 15.6. The van der Waals surface area contributed by atoms with Gasteiger partial charge in [-0.25, -0.2) is 9.59 Å². The van der Waals surface area contributed by atoms with E-state index in [0.717, 1.165) is 44.9 Å². The van der Waals surface area contributed by atoms with Crippen molar-refractivity contribution in [2.75, 3.05) is 18.8 Å². The van der Waals surface area contributed by atoms with Crippen LogP contribution in [0.3, 0.4) is 0 Å². The van der Waals surface area contributed by atoms with E-state index in [1.54, 1.807) is 6.26 Å². The van der Waals surface area contributed by atoms with Crippen molar-refractivity contribution in [2.45, 2.75) is 77.4 Å². The summed E-state index contributed by atoms with van der Waals surface area (Å²) >= 11 is 1.31. The maximum atomic E-state index is 12.4. The van der Waals surface area contributed by atoms with Crippen molar-refractivity contribution in [3.8, 4) is 0 Å². The summed E-state index contributed by atoms with van der Waals surface area (Å²) in [6.07, 6.45) is 8.70. The van der Waals surface area contributed by atoms with Gasteiger partial charge in [0, 0.05) is 11.8 Å². The summed E-state index contributed by atoms with van der Waals surface area (Å²) in [6, 6.07) is 0. The van der Waals surface area contributed by atoms with Gasteiger partial charge in [-0.15, -0.1) is 11.8 Å². The molecule has 0 heterocycles. The molecule has 0 aliphatic heterocycles. The largest absolute Gasteiger partial charge is 0.508 e. The number of fused-ring (bicyclic) bond motifs is 5. The highest BCUT2D eigenvalue weighted by molar-refractivity contribution is 7.98. The van der Waals surface area contributed by atoms with E-state index in [1.807, 2.05) is 6.08 Å². The Balaban J connectivity index is 1.36. The van der Waals surface area contributed by atoms with E-state index >= 15 is 0 Å². The van der Waals surface area contributed by atoms with Crippen LogP contribution in [0, 0.1) is 28.6 Å². The molecule has 0 amide bonds. The van der Waals surface area contributed by atoms with Gasteiger partial charge in [-0.1, -0.05) is 19.4 Å². The predicted molar refractivity (Wildman–Crippen MR) is 123 cm³/mol. The van der Waals surface area contributed by atoms with Gasteiger partial charge in [-0.05, 0) is 80.4 Å². The molecule has 0 saturated heterocycles. The molecule has 4 rings (SSSR count). The van der Waals surface area contributed by atoms with Crippen molar-refractivity contribution in [2.24, 2.45) is 28.6 Å². The van der Waals surface area contributed by atoms with E-state index in [2.05, 4.69) is 13.8 Å². The van der Waals surface area contributed by atoms with Crippen LogP contribution in [0.15, 0.2) is 11.6 Å². The molecule has 7 nitrogen and oxygen atoms in total. The van der Waals surface area contributed by atoms with Gasteiger partial charge in [0.15, 0.2) is 11.9 Å². The number of aliphatic hydroxyl groups excluding tert-OH is 1. The van der Waals surface area contributed by atoms with Gasteiger partial charge in [0.1, 0.15) is 18.6 Å². The maximum absolute atomic E-state index is 12.4. The molecule has 33 heavy (non-hydrogen) atoms. The standard InChI is InChI=1S/C25H36O7S/c1-24-10-8-16(26)12-15(24)4-5-17-18-6-7-21(25(18,2)11-9-19(17)24)32-23(29)30-13-20(27)22(28)31-14-33-3/h12,17-21,27H,4-11,13-14H2,1-3H3/t17-,18-,19-,20?,21+,24-,25-/m0/s1. The molecule has 3 fully saturated rings. The van der Waals surface area contributed by atoms with Crippen LogP contribution in [0.1, 0.15) is 65.2 Å². The van der Waals surface area contributed by atoms with Crippen LogP contribution in [0.4, 0.5) is 4.79 Å². The summed E-state index contributed by atoms with van der Waals surface area (Å²) in [5, 5.41) is 9.81. The molecule has 0 radical (unpaired) electrons. The molecule has 1 unspecified atom stereocenters. The van der Waals surface area contributed by atoms with Gasteiger partial charge in [-0.3, -0.25) is 4.79 Å². The minimum atomic E-state index is -1.51. The minimum Gasteiger partial charge on any atom is -0.453 e. The third-order valence-electron chi connectivity index (χ3n) is 9.06. The number of esters is 1. The lowest BCUT2D eigenvalue weighted by atomic mass is 9.47. The number of rotatable bonds is 6. The van der Waals surface area contributed by atoms with Crippen LogP contribution in [0.5, 0.6) is 0 Å². The number of hydrogen-bond donors (Lipinski definition) is 1. The Labute approximate surface area is 200 Å². The lowest BCUT2D eigenvalue weighted by Gasteiger charge is -2.57. The molecule has 0 aromatic carbocycles. The van der Waals surface area contributed by atoms with E-state index in [4.69, 9.17) is 14.2 Å². The molecule has 8 heteroatoms. The first-order valence-corrected chi connectivity index (χ1v) is 13.5. The van der Waals surface area contributed by atoms with Crippen LogP contribution < -0.4 is 0 Å². The predicted octanol–water partition coefficient (Wildman–Crippen LogP) is 4.26. The first kappa shape index (κ1) is 24.6. The van der Waals surface area contributed by atoms with Crippen molar-refractivity contribution in [1.82, 2.24) is 0 Å². The van der Waals surface area contributed by atoms with Gasteiger partial charge in [0.25, 0.3) is 0 Å². The molecule has 184 valence electrons. The topological polar surface area (TPSA) is 99.1 Å². The smallest absolute Gasteiger partial charge is 0.453 e. The van der Waals surface area contributed by atoms with E-state index in [1.165, 1.54) is 17.3 Å². The Morgan fingerprint density at radius 3 is 2.67 bits per heavy atom. The van der Waals surface area contributed by atoms with Gasteiger partial charge < -0.3 is 19.3 Å². The lowest BCUT2D eigenvalue weighted by Crippen LogP contribution is -2.51. The van der Waals surface area contributed by atoms with Gasteiger partial charge in [-0.2, -0.15) is 0 Å². The molecule has 0 spiro atoms. The normalized spacial score (nSPS) is 38.3. The Hall–Kier alpha value is -1.54. The van der Waals surface area contributed by atoms with Crippen molar-refractivity contribution >= 4 is 29.7 Å². The number of carbonyl (C=O) groups is 3. The summed E-state index contributed by atoms with van der Waals surface area (Å²) in [5.41, 5.74) is 1.38. The fourth-order valence-corrected chi connectivity index (χ4v) is 7.52. The highest BCUT2D eigenvalue weighted by Crippen LogP contribution is 2.65. The van der Waals surface area contributed by atoms with E-state index in [-0.39, 0.29) is 28.7 Å². The van der Waals surface area contributed by atoms with E-state index < -0.39 is 24.8 Å². The highest BCUT2D eigenvalue weighted by Gasteiger charge is 2.60. The molecule has 3 saturated carbocycles. The molecule has 0 aromatic rings. The van der Waals surface area contributed by atoms with Gasteiger partial charge in [0.2, 0.25) is 0 Å². The maximum Gasteiger partial charge on any atom is 0.508 e. The monoisotopic (exact) mass is 480 g/mol. The fourth-order valence-electron chi connectivity index (χ4n) is 7.28. The number of ether oxygens (including phenoxy) is 3. The lowest BCUT2D eigenvalue weighted by molar-refractivity contribution is -0.154. The van der Waals surface area contributed by atoms with Crippen LogP contribution in [-0.4, -0.2) is 54.0 Å². The summed E-state index contributed by atoms with van der Waals surface area (Å²) in [7, 11) is 0. The Morgan fingerprint density at radius 1 is 1.12 bits per heavy atom. The van der Waals surface area contributed by atoms with Crippen LogP contribution in [0.2, 0.25) is 0 Å². The second kappa shape index (κ2) is 9.61. The second-order valence-electron chi connectivity index (χ2n) is 10.6. The van der Waals surface area contributed by atoms with Crippen LogP contribution >= 0.6 is 11.8 Å². The molecule has 4 aliphatic carbocycles. The second-order valence-corrected chi connectivity index (χ2v) is 11.5. The summed E-state index contributed by atoms with van der Waals surface area (Å²) in [4.78, 5) is 36.0. The zero-order valence-electron chi connectivity index (χ0n) is 19.8. The number of aliphatic hydroxyl groups is 1. The Bertz CT molecular complexity index is 826. The summed E-state index contributed by atoms with van der Waals surface area (Å²) in [6.45, 7) is 4.13. The average Bonchev–Trinajstić information content (AvgIpc) is 3.12. The van der Waals surface area contributed by atoms with Crippen molar-refractivity contribution in [1.29, 1.82) is 0 Å². The zero-order valence-corrected chi connectivity index (χ0v) is 20.7. The van der Waals surface area contributed by atoms with Crippen LogP contribution in [-0.2, 0) is 23.8 Å². The average molecular weight is 481 g/mol. The number of carbonyl (C=O) groups excluding carboxylic acids is 3. The third-order valence-corrected chi connectivity index (χ3v) is 9.42. The number of thioether (sulfide) groups is 1. The van der Waals surface area contributed by atoms with E-state index in [9.17, 15) is 19.5 Å². The first-order valence-electron chi connectivity index (χ1n) is 12.1. The molecule has 4 aliphatic rings. The molecular weight excluding hydrogens is 444 g/mol. The SMILES string of the molecule is CSCOC(=O)C(O)COC(=O)O[C@@H]1CC[C@H]2[C@@H]3CCC4=CC(=O)CC[C@]4(C)[C@H]3CC[C@]12C. The molecular formula is C25H36O7S. The molecule has 0 aromatic heterocycles. The van der Waals surface area contributed by atoms with Crippen molar-refractivity contribution < 1.29 is 33.7 Å². The third kappa shape index (κ3) is 4.57. The highest BCUT2D eigenvalue weighted by atomic mass is 32.2. The van der Waals surface area contributed by atoms with Crippen molar-refractivity contribution in [3.63, 3.8) is 0 Å². The van der Waals surface area contributed by atoms with Crippen molar-refractivity contribution in [3.05, 3.63) is 11.6 Å². The fraction of sp³-hybridized carbons (Fsp3) is 0.800. The van der Waals surface area contributed by atoms with E-state index in [0.29, 0.717) is 24.2 Å². The Morgan fingerprint density at radius 2 is 1.91 bits per heavy atom. The van der Waals surface area contributed by atoms with Gasteiger partial charge in [0.05, 0.1) is 0 Å². The van der Waals surface area contributed by atoms with Gasteiger partial charge >= 0.3 is 12.1 Å². The first-order chi connectivity index (χ1) is 15.7. The zero-order chi connectivity index (χ0) is 23.8.